The Bertz CT molecular complexity index is 931. The van der Waals surface area contributed by atoms with Gasteiger partial charge in [0.05, 0.1) is 11.9 Å². The van der Waals surface area contributed by atoms with E-state index >= 15 is 0 Å². The summed E-state index contributed by atoms with van der Waals surface area (Å²) in [6.07, 6.45) is 5.67. The molecule has 0 bridgehead atoms. The molecular weight excluding hydrogens is 346 g/mol. The van der Waals surface area contributed by atoms with E-state index < -0.39 is 0 Å². The third-order valence-electron chi connectivity index (χ3n) is 4.85. The molecule has 0 saturated heterocycles. The van der Waals surface area contributed by atoms with Crippen LogP contribution in [0.4, 0.5) is 0 Å². The summed E-state index contributed by atoms with van der Waals surface area (Å²) in [6, 6.07) is 8.36. The zero-order chi connectivity index (χ0) is 18.1. The van der Waals surface area contributed by atoms with Crippen molar-refractivity contribution in [1.29, 1.82) is 0 Å². The molecule has 1 unspecified atom stereocenters. The number of hydrogen-bond acceptors (Lipinski definition) is 5. The van der Waals surface area contributed by atoms with Gasteiger partial charge in [0.25, 0.3) is 5.91 Å². The number of aromatic nitrogens is 4. The summed E-state index contributed by atoms with van der Waals surface area (Å²) in [4.78, 5) is 15.8. The Balaban J connectivity index is 1.68. The van der Waals surface area contributed by atoms with Crippen molar-refractivity contribution < 1.29 is 4.79 Å². The van der Waals surface area contributed by atoms with Crippen LogP contribution in [0.15, 0.2) is 36.7 Å². The lowest BCUT2D eigenvalue weighted by Crippen LogP contribution is -2.38. The predicted octanol–water partition coefficient (Wildman–Crippen LogP) is 3.01. The zero-order valence-electron chi connectivity index (χ0n) is 14.9. The van der Waals surface area contributed by atoms with Gasteiger partial charge in [0.15, 0.2) is 0 Å². The first kappa shape index (κ1) is 16.9. The molecule has 134 valence electrons. The minimum atomic E-state index is 0.0341. The highest BCUT2D eigenvalue weighted by Gasteiger charge is 2.32. The zero-order valence-corrected chi connectivity index (χ0v) is 15.7. The van der Waals surface area contributed by atoms with E-state index in [2.05, 4.69) is 39.8 Å². The van der Waals surface area contributed by atoms with Crippen molar-refractivity contribution in [2.24, 2.45) is 7.05 Å². The molecule has 6 nitrogen and oxygen atoms in total. The van der Waals surface area contributed by atoms with Gasteiger partial charge in [-0.25, -0.2) is 0 Å². The minimum Gasteiger partial charge on any atom is -0.333 e. The van der Waals surface area contributed by atoms with Gasteiger partial charge in [0.1, 0.15) is 4.88 Å². The Morgan fingerprint density at radius 2 is 2.19 bits per heavy atom. The number of amides is 1. The average molecular weight is 367 g/mol. The van der Waals surface area contributed by atoms with Gasteiger partial charge in [0, 0.05) is 32.3 Å². The van der Waals surface area contributed by atoms with Gasteiger partial charge >= 0.3 is 0 Å². The molecule has 0 N–H and O–H groups in total. The van der Waals surface area contributed by atoms with Gasteiger partial charge < -0.3 is 4.90 Å². The number of fused-ring (bicyclic) bond motifs is 1. The summed E-state index contributed by atoms with van der Waals surface area (Å²) in [7, 11) is 1.92. The van der Waals surface area contributed by atoms with Crippen LogP contribution >= 0.6 is 11.5 Å². The highest BCUT2D eigenvalue weighted by Crippen LogP contribution is 2.34. The highest BCUT2D eigenvalue weighted by atomic mass is 32.1. The van der Waals surface area contributed by atoms with Crippen LogP contribution in [0, 0.1) is 0 Å². The maximum absolute atomic E-state index is 13.2. The number of nitrogens with zero attached hydrogens (tertiary/aromatic N) is 5. The van der Waals surface area contributed by atoms with E-state index in [1.165, 1.54) is 22.7 Å². The van der Waals surface area contributed by atoms with E-state index in [1.54, 1.807) is 0 Å². The molecule has 1 amide bonds. The molecule has 1 atom stereocenters. The molecule has 0 saturated carbocycles. The Morgan fingerprint density at radius 3 is 2.96 bits per heavy atom. The molecule has 1 aliphatic heterocycles. The standard InChI is InChI=1S/C19H21N5OS/c1-3-6-17-18(26-22-21-17)19(25)24-11-13-7-4-5-8-15(13)16(12-24)14-9-20-23(2)10-14/h4-5,7-10,16H,3,6,11-12H2,1-2H3. The third-order valence-corrected chi connectivity index (χ3v) is 5.60. The largest absolute Gasteiger partial charge is 0.333 e. The Hall–Kier alpha value is -2.54. The summed E-state index contributed by atoms with van der Waals surface area (Å²) in [5.74, 6) is 0.167. The molecule has 4 rings (SSSR count). The lowest BCUT2D eigenvalue weighted by atomic mass is 9.86. The molecule has 2 aromatic heterocycles. The van der Waals surface area contributed by atoms with Crippen molar-refractivity contribution in [2.75, 3.05) is 6.54 Å². The van der Waals surface area contributed by atoms with Crippen molar-refractivity contribution in [3.05, 3.63) is 63.9 Å². The lowest BCUT2D eigenvalue weighted by molar-refractivity contribution is 0.0728. The summed E-state index contributed by atoms with van der Waals surface area (Å²) in [5.41, 5.74) is 4.42. The van der Waals surface area contributed by atoms with Crippen LogP contribution in [0.5, 0.6) is 0 Å². The van der Waals surface area contributed by atoms with Gasteiger partial charge in [-0.05, 0) is 34.6 Å². The third kappa shape index (κ3) is 3.03. The van der Waals surface area contributed by atoms with Crippen LogP contribution in [0.1, 0.15) is 51.3 Å². The molecule has 26 heavy (non-hydrogen) atoms. The second-order valence-electron chi connectivity index (χ2n) is 6.68. The number of aryl methyl sites for hydroxylation is 2. The lowest BCUT2D eigenvalue weighted by Gasteiger charge is -2.34. The van der Waals surface area contributed by atoms with Crippen LogP contribution in [0.25, 0.3) is 0 Å². The van der Waals surface area contributed by atoms with Gasteiger partial charge in [-0.3, -0.25) is 9.48 Å². The topological polar surface area (TPSA) is 63.9 Å². The highest BCUT2D eigenvalue weighted by molar-refractivity contribution is 7.08. The Morgan fingerprint density at radius 1 is 1.35 bits per heavy atom. The molecule has 3 aromatic rings. The first-order valence-corrected chi connectivity index (χ1v) is 9.61. The molecule has 1 aliphatic rings. The van der Waals surface area contributed by atoms with Gasteiger partial charge in [-0.2, -0.15) is 5.10 Å². The predicted molar refractivity (Wildman–Crippen MR) is 100 cm³/mol. The van der Waals surface area contributed by atoms with Crippen LogP contribution in [-0.2, 0) is 20.0 Å². The van der Waals surface area contributed by atoms with Crippen molar-refractivity contribution >= 4 is 17.4 Å². The van der Waals surface area contributed by atoms with Gasteiger partial charge in [-0.15, -0.1) is 5.10 Å². The van der Waals surface area contributed by atoms with E-state index in [9.17, 15) is 4.79 Å². The number of rotatable bonds is 4. The van der Waals surface area contributed by atoms with Crippen molar-refractivity contribution in [3.8, 4) is 0 Å². The van der Waals surface area contributed by atoms with E-state index in [4.69, 9.17) is 0 Å². The molecular formula is C19H21N5OS. The normalized spacial score (nSPS) is 16.5. The maximum atomic E-state index is 13.2. The fourth-order valence-corrected chi connectivity index (χ4v) is 4.26. The van der Waals surface area contributed by atoms with Crippen LogP contribution in [0.2, 0.25) is 0 Å². The molecule has 3 heterocycles. The minimum absolute atomic E-state index is 0.0341. The van der Waals surface area contributed by atoms with Gasteiger partial charge in [0.2, 0.25) is 0 Å². The monoisotopic (exact) mass is 367 g/mol. The second kappa shape index (κ2) is 6.99. The SMILES string of the molecule is CCCc1nnsc1C(=O)N1Cc2ccccc2C(c2cnn(C)c2)C1. The number of carbonyl (C=O) groups is 1. The van der Waals surface area contributed by atoms with Gasteiger partial charge in [-0.1, -0.05) is 42.1 Å². The van der Waals surface area contributed by atoms with Crippen molar-refractivity contribution in [3.63, 3.8) is 0 Å². The Kier molecular flexibility index (Phi) is 4.55. The van der Waals surface area contributed by atoms with Crippen molar-refractivity contribution in [2.45, 2.75) is 32.2 Å². The summed E-state index contributed by atoms with van der Waals surface area (Å²) < 4.78 is 5.82. The molecule has 7 heteroatoms. The fraction of sp³-hybridized carbons (Fsp3) is 0.368. The van der Waals surface area contributed by atoms with Crippen molar-refractivity contribution in [1.82, 2.24) is 24.3 Å². The number of benzene rings is 1. The molecule has 0 spiro atoms. The van der Waals surface area contributed by atoms with Crippen LogP contribution < -0.4 is 0 Å². The molecule has 0 fully saturated rings. The maximum Gasteiger partial charge on any atom is 0.267 e. The second-order valence-corrected chi connectivity index (χ2v) is 7.44. The molecule has 0 aliphatic carbocycles. The smallest absolute Gasteiger partial charge is 0.267 e. The van der Waals surface area contributed by atoms with Crippen LogP contribution in [0.3, 0.4) is 0 Å². The summed E-state index contributed by atoms with van der Waals surface area (Å²) in [5, 5.41) is 8.47. The first-order chi connectivity index (χ1) is 12.7. The molecule has 0 radical (unpaired) electrons. The summed E-state index contributed by atoms with van der Waals surface area (Å²) >= 11 is 1.20. The number of carbonyl (C=O) groups excluding carboxylic acids is 1. The quantitative estimate of drug-likeness (QED) is 0.711. The first-order valence-electron chi connectivity index (χ1n) is 8.84. The average Bonchev–Trinajstić information content (AvgIpc) is 3.29. The summed E-state index contributed by atoms with van der Waals surface area (Å²) in [6.45, 7) is 3.35. The van der Waals surface area contributed by atoms with E-state index in [1.807, 2.05) is 35.1 Å². The number of hydrogen-bond donors (Lipinski definition) is 0. The molecule has 1 aromatic carbocycles. The fourth-order valence-electron chi connectivity index (χ4n) is 3.58. The van der Waals surface area contributed by atoms with Crippen LogP contribution in [-0.4, -0.2) is 36.7 Å². The Labute approximate surface area is 156 Å². The van der Waals surface area contributed by atoms with E-state index in [0.29, 0.717) is 18.0 Å². The van der Waals surface area contributed by atoms with E-state index in [0.717, 1.165) is 24.1 Å². The van der Waals surface area contributed by atoms with E-state index in [-0.39, 0.29) is 11.8 Å².